The SMILES string of the molecule is C[C@]12CCC(O)C[C@H]1CC[C@@H]1[C@@H]2CC[C@]2(C)[C@@](O)(c3ccoc3)CC[C@]12O. The van der Waals surface area contributed by atoms with Crippen LogP contribution in [0.3, 0.4) is 0 Å². The Hall–Kier alpha value is -0.840. The van der Waals surface area contributed by atoms with Crippen molar-refractivity contribution in [1.82, 2.24) is 0 Å². The molecule has 4 heteroatoms. The lowest BCUT2D eigenvalue weighted by atomic mass is 9.43. The molecule has 27 heavy (non-hydrogen) atoms. The molecule has 4 saturated carbocycles. The first-order valence-electron chi connectivity index (χ1n) is 10.9. The number of furan rings is 1. The van der Waals surface area contributed by atoms with Crippen LogP contribution in [0.5, 0.6) is 0 Å². The number of aliphatic hydroxyl groups excluding tert-OH is 1. The molecule has 4 aliphatic carbocycles. The number of aliphatic hydroxyl groups is 3. The zero-order valence-corrected chi connectivity index (χ0v) is 16.7. The first-order chi connectivity index (χ1) is 12.7. The number of rotatable bonds is 1. The van der Waals surface area contributed by atoms with Crippen LogP contribution in [0.2, 0.25) is 0 Å². The van der Waals surface area contributed by atoms with Gasteiger partial charge in [-0.1, -0.05) is 13.8 Å². The minimum Gasteiger partial charge on any atom is -0.472 e. The van der Waals surface area contributed by atoms with E-state index in [0.717, 1.165) is 50.5 Å². The normalized spacial score (nSPS) is 54.9. The summed E-state index contributed by atoms with van der Waals surface area (Å²) < 4.78 is 5.29. The van der Waals surface area contributed by atoms with Gasteiger partial charge < -0.3 is 19.7 Å². The fraction of sp³-hybridized carbons (Fsp3) is 0.826. The number of fused-ring (bicyclic) bond motifs is 5. The van der Waals surface area contributed by atoms with Gasteiger partial charge in [0.1, 0.15) is 5.60 Å². The molecular formula is C23H34O4. The largest absolute Gasteiger partial charge is 0.472 e. The summed E-state index contributed by atoms with van der Waals surface area (Å²) in [5, 5.41) is 34.0. The Morgan fingerprint density at radius 2 is 1.78 bits per heavy atom. The van der Waals surface area contributed by atoms with Gasteiger partial charge in [0, 0.05) is 11.0 Å². The predicted molar refractivity (Wildman–Crippen MR) is 102 cm³/mol. The van der Waals surface area contributed by atoms with Gasteiger partial charge in [0.15, 0.2) is 0 Å². The van der Waals surface area contributed by atoms with Gasteiger partial charge in [0.25, 0.3) is 0 Å². The average molecular weight is 375 g/mol. The number of hydrogen-bond acceptors (Lipinski definition) is 4. The second-order valence-corrected chi connectivity index (χ2v) is 10.6. The third-order valence-electron chi connectivity index (χ3n) is 9.97. The Labute approximate surface area is 162 Å². The number of hydrogen-bond donors (Lipinski definition) is 3. The molecule has 0 aliphatic heterocycles. The van der Waals surface area contributed by atoms with E-state index in [0.29, 0.717) is 24.7 Å². The van der Waals surface area contributed by atoms with Crippen LogP contribution in [-0.4, -0.2) is 27.0 Å². The molecule has 1 heterocycles. The van der Waals surface area contributed by atoms with Gasteiger partial charge in [0.05, 0.1) is 24.2 Å². The van der Waals surface area contributed by atoms with Gasteiger partial charge in [0.2, 0.25) is 0 Å². The van der Waals surface area contributed by atoms with Crippen LogP contribution in [0.25, 0.3) is 0 Å². The first kappa shape index (κ1) is 18.2. The molecule has 4 nitrogen and oxygen atoms in total. The first-order valence-corrected chi connectivity index (χ1v) is 10.9. The summed E-state index contributed by atoms with van der Waals surface area (Å²) in [6.45, 7) is 4.53. The quantitative estimate of drug-likeness (QED) is 0.695. The molecule has 150 valence electrons. The van der Waals surface area contributed by atoms with E-state index in [1.54, 1.807) is 12.5 Å². The van der Waals surface area contributed by atoms with Crippen LogP contribution in [0.15, 0.2) is 23.0 Å². The molecule has 1 aromatic heterocycles. The van der Waals surface area contributed by atoms with Crippen LogP contribution < -0.4 is 0 Å². The fourth-order valence-corrected chi connectivity index (χ4v) is 8.18. The Morgan fingerprint density at radius 1 is 0.963 bits per heavy atom. The third kappa shape index (κ3) is 2.10. The van der Waals surface area contributed by atoms with Gasteiger partial charge in [-0.2, -0.15) is 0 Å². The summed E-state index contributed by atoms with van der Waals surface area (Å²) >= 11 is 0. The Morgan fingerprint density at radius 3 is 2.52 bits per heavy atom. The molecule has 0 saturated heterocycles. The summed E-state index contributed by atoms with van der Waals surface area (Å²) in [5.74, 6) is 1.31. The smallest absolute Gasteiger partial charge is 0.101 e. The molecule has 4 aliphatic rings. The molecule has 1 unspecified atom stereocenters. The molecule has 3 N–H and O–H groups in total. The Kier molecular flexibility index (Phi) is 3.78. The van der Waals surface area contributed by atoms with E-state index in [1.807, 2.05) is 6.07 Å². The Bertz CT molecular complexity index is 716. The molecule has 8 atom stereocenters. The maximum absolute atomic E-state index is 12.1. The summed E-state index contributed by atoms with van der Waals surface area (Å²) in [7, 11) is 0. The Balaban J connectivity index is 1.52. The summed E-state index contributed by atoms with van der Waals surface area (Å²) in [6, 6.07) is 1.86. The lowest BCUT2D eigenvalue weighted by molar-refractivity contribution is -0.238. The topological polar surface area (TPSA) is 73.8 Å². The molecule has 0 spiro atoms. The van der Waals surface area contributed by atoms with Crippen molar-refractivity contribution in [1.29, 1.82) is 0 Å². The molecule has 5 rings (SSSR count). The van der Waals surface area contributed by atoms with E-state index < -0.39 is 16.6 Å². The van der Waals surface area contributed by atoms with E-state index in [4.69, 9.17) is 4.42 Å². The van der Waals surface area contributed by atoms with Gasteiger partial charge in [-0.25, -0.2) is 0 Å². The third-order valence-corrected chi connectivity index (χ3v) is 9.97. The monoisotopic (exact) mass is 374 g/mol. The van der Waals surface area contributed by atoms with E-state index in [1.165, 1.54) is 0 Å². The lowest BCUT2D eigenvalue weighted by Gasteiger charge is -2.64. The van der Waals surface area contributed by atoms with Crippen molar-refractivity contribution < 1.29 is 19.7 Å². The van der Waals surface area contributed by atoms with Crippen molar-refractivity contribution >= 4 is 0 Å². The molecule has 0 amide bonds. The van der Waals surface area contributed by atoms with E-state index in [9.17, 15) is 15.3 Å². The van der Waals surface area contributed by atoms with E-state index in [2.05, 4.69) is 13.8 Å². The van der Waals surface area contributed by atoms with Crippen molar-refractivity contribution in [2.75, 3.05) is 0 Å². The van der Waals surface area contributed by atoms with Gasteiger partial charge in [-0.15, -0.1) is 0 Å². The second kappa shape index (κ2) is 5.61. The summed E-state index contributed by atoms with van der Waals surface area (Å²) in [5.41, 5.74) is -1.34. The van der Waals surface area contributed by atoms with E-state index >= 15 is 0 Å². The minimum atomic E-state index is -1.01. The van der Waals surface area contributed by atoms with Crippen LogP contribution in [0, 0.1) is 28.6 Å². The highest BCUT2D eigenvalue weighted by molar-refractivity contribution is 5.30. The highest BCUT2D eigenvalue weighted by atomic mass is 16.3. The summed E-state index contributed by atoms with van der Waals surface area (Å²) in [6.07, 6.45) is 11.3. The fourth-order valence-electron chi connectivity index (χ4n) is 8.18. The van der Waals surface area contributed by atoms with Crippen molar-refractivity contribution in [2.45, 2.75) is 88.9 Å². The van der Waals surface area contributed by atoms with Crippen LogP contribution in [0.1, 0.15) is 77.2 Å². The molecule has 1 aromatic rings. The zero-order chi connectivity index (χ0) is 19.1. The van der Waals surface area contributed by atoms with Gasteiger partial charge >= 0.3 is 0 Å². The summed E-state index contributed by atoms with van der Waals surface area (Å²) in [4.78, 5) is 0. The van der Waals surface area contributed by atoms with Gasteiger partial charge in [-0.3, -0.25) is 0 Å². The maximum Gasteiger partial charge on any atom is 0.101 e. The zero-order valence-electron chi connectivity index (χ0n) is 16.7. The highest BCUT2D eigenvalue weighted by Gasteiger charge is 2.72. The molecular weight excluding hydrogens is 340 g/mol. The van der Waals surface area contributed by atoms with Crippen molar-refractivity contribution in [3.63, 3.8) is 0 Å². The minimum absolute atomic E-state index is 0.144. The molecule has 0 radical (unpaired) electrons. The lowest BCUT2D eigenvalue weighted by Crippen LogP contribution is -2.64. The van der Waals surface area contributed by atoms with Gasteiger partial charge in [-0.05, 0) is 87.0 Å². The van der Waals surface area contributed by atoms with Crippen LogP contribution in [-0.2, 0) is 5.60 Å². The van der Waals surface area contributed by atoms with Crippen LogP contribution >= 0.6 is 0 Å². The van der Waals surface area contributed by atoms with Crippen LogP contribution in [0.4, 0.5) is 0 Å². The molecule has 4 fully saturated rings. The average Bonchev–Trinajstić information content (AvgIpc) is 3.24. The van der Waals surface area contributed by atoms with Crippen molar-refractivity contribution in [2.24, 2.45) is 28.6 Å². The van der Waals surface area contributed by atoms with Crippen molar-refractivity contribution in [3.05, 3.63) is 24.2 Å². The molecule has 0 bridgehead atoms. The maximum atomic E-state index is 12.1. The van der Waals surface area contributed by atoms with Crippen molar-refractivity contribution in [3.8, 4) is 0 Å². The van der Waals surface area contributed by atoms with E-state index in [-0.39, 0.29) is 17.4 Å². The highest BCUT2D eigenvalue weighted by Crippen LogP contribution is 2.71. The predicted octanol–water partition coefficient (Wildman–Crippen LogP) is 3.99. The molecule has 0 aromatic carbocycles. The standard InChI is InChI=1S/C23H34O4/c1-20-8-5-17(24)13-15(20)3-4-19-18(20)6-9-21(2)22(25,10-11-23(19,21)26)16-7-12-27-14-16/h7,12,14-15,17-19,24-26H,3-6,8-11,13H2,1-2H3/t15-,17?,18+,19-,20+,21-,22+,23+/m1/s1. The second-order valence-electron chi connectivity index (χ2n) is 10.6.